The number of anilines is 1. The first-order chi connectivity index (χ1) is 19.9. The highest BCUT2D eigenvalue weighted by molar-refractivity contribution is 5.98. The van der Waals surface area contributed by atoms with Crippen molar-refractivity contribution in [2.45, 2.75) is 51.8 Å². The smallest absolute Gasteiger partial charge is 0.410 e. The number of nitrogens with two attached hydrogens (primary N) is 1. The number of halogens is 2. The summed E-state index contributed by atoms with van der Waals surface area (Å²) in [6.45, 7) is 6.71. The Bertz CT molecular complexity index is 1630. The third kappa shape index (κ3) is 6.02. The van der Waals surface area contributed by atoms with E-state index >= 15 is 0 Å². The molecule has 0 radical (unpaired) electrons. The fourth-order valence-electron chi connectivity index (χ4n) is 5.08. The molecule has 0 unspecified atom stereocenters. The number of carbonyl (C=O) groups is 2. The van der Waals surface area contributed by atoms with Crippen LogP contribution in [0.15, 0.2) is 48.8 Å². The van der Waals surface area contributed by atoms with Gasteiger partial charge in [-0.05, 0) is 57.4 Å². The molecule has 0 aliphatic carbocycles. The summed E-state index contributed by atoms with van der Waals surface area (Å²) < 4.78 is 35.1. The highest BCUT2D eigenvalue weighted by Crippen LogP contribution is 2.34. The number of likely N-dealkylation sites (tertiary alicyclic amines) is 1. The Morgan fingerprint density at radius 3 is 2.57 bits per heavy atom. The molecule has 1 aliphatic heterocycles. The molecular weight excluding hydrogens is 544 g/mol. The van der Waals surface area contributed by atoms with Crippen molar-refractivity contribution >= 4 is 28.9 Å². The minimum atomic E-state index is -0.780. The van der Waals surface area contributed by atoms with Crippen LogP contribution in [0.25, 0.3) is 22.3 Å². The second kappa shape index (κ2) is 11.3. The number of rotatable bonds is 5. The molecule has 2 N–H and O–H groups in total. The number of nitrogen functional groups attached to an aromatic ring is 1. The number of nitrogens with zero attached hydrogens (tertiary/aromatic N) is 6. The average molecular weight is 578 g/mol. The Morgan fingerprint density at radius 1 is 1.12 bits per heavy atom. The Kier molecular flexibility index (Phi) is 7.81. The molecule has 0 spiro atoms. The van der Waals surface area contributed by atoms with Crippen LogP contribution in [0.3, 0.4) is 0 Å². The Labute approximate surface area is 242 Å². The van der Waals surface area contributed by atoms with Crippen LogP contribution < -0.4 is 5.73 Å². The standard InChI is InChI=1S/C30H33F2N7O3/c1-30(2,3)42-29(41)38-13-5-6-21(16-38)39-27-24(26(33)34-17-35-27)25(36-39)19-9-7-18(8-10-19)15-37(4)28(40)22-14-20(31)11-12-23(22)32/h7-12,14,17,21H,5-6,13,15-16H2,1-4H3,(H2,33,34,35)/t21-/m1/s1. The summed E-state index contributed by atoms with van der Waals surface area (Å²) >= 11 is 0. The highest BCUT2D eigenvalue weighted by atomic mass is 19.1. The van der Waals surface area contributed by atoms with Crippen molar-refractivity contribution in [1.29, 1.82) is 0 Å². The van der Waals surface area contributed by atoms with Crippen LogP contribution in [0.1, 0.15) is 55.6 Å². The van der Waals surface area contributed by atoms with Gasteiger partial charge in [0, 0.05) is 32.2 Å². The van der Waals surface area contributed by atoms with Gasteiger partial charge in [-0.15, -0.1) is 0 Å². The topological polar surface area (TPSA) is 119 Å². The molecule has 220 valence electrons. The molecule has 3 heterocycles. The lowest BCUT2D eigenvalue weighted by Crippen LogP contribution is -2.43. The predicted octanol–water partition coefficient (Wildman–Crippen LogP) is 5.20. The van der Waals surface area contributed by atoms with E-state index in [0.717, 1.165) is 42.2 Å². The van der Waals surface area contributed by atoms with E-state index in [1.807, 2.05) is 49.7 Å². The zero-order chi connectivity index (χ0) is 30.2. The lowest BCUT2D eigenvalue weighted by molar-refractivity contribution is 0.0169. The number of amides is 2. The molecule has 1 aliphatic rings. The van der Waals surface area contributed by atoms with E-state index in [-0.39, 0.29) is 30.1 Å². The van der Waals surface area contributed by atoms with Crippen molar-refractivity contribution in [3.05, 3.63) is 71.6 Å². The molecule has 4 aromatic rings. The zero-order valence-corrected chi connectivity index (χ0v) is 24.0. The summed E-state index contributed by atoms with van der Waals surface area (Å²) in [4.78, 5) is 37.2. The first-order valence-corrected chi connectivity index (χ1v) is 13.7. The normalized spacial score (nSPS) is 15.6. The van der Waals surface area contributed by atoms with Gasteiger partial charge < -0.3 is 20.3 Å². The molecule has 2 amide bonds. The van der Waals surface area contributed by atoms with Crippen molar-refractivity contribution in [2.24, 2.45) is 0 Å². The fourth-order valence-corrected chi connectivity index (χ4v) is 5.08. The number of piperidine rings is 1. The summed E-state index contributed by atoms with van der Waals surface area (Å²) in [5.74, 6) is -1.80. The molecule has 5 rings (SSSR count). The number of fused-ring (bicyclic) bond motifs is 1. The van der Waals surface area contributed by atoms with Crippen LogP contribution in [-0.4, -0.2) is 67.3 Å². The van der Waals surface area contributed by atoms with Gasteiger partial charge in [-0.1, -0.05) is 24.3 Å². The molecule has 2 aromatic heterocycles. The van der Waals surface area contributed by atoms with Crippen LogP contribution in [-0.2, 0) is 11.3 Å². The van der Waals surface area contributed by atoms with E-state index in [1.54, 1.807) is 4.90 Å². The quantitative estimate of drug-likeness (QED) is 0.346. The summed E-state index contributed by atoms with van der Waals surface area (Å²) in [5.41, 5.74) is 8.08. The fraction of sp³-hybridized carbons (Fsp3) is 0.367. The van der Waals surface area contributed by atoms with Crippen molar-refractivity contribution in [3.8, 4) is 11.3 Å². The number of carbonyl (C=O) groups excluding carboxylic acids is 2. The van der Waals surface area contributed by atoms with E-state index in [1.165, 1.54) is 18.3 Å². The van der Waals surface area contributed by atoms with Gasteiger partial charge in [0.15, 0.2) is 5.65 Å². The average Bonchev–Trinajstić information content (AvgIpc) is 3.34. The van der Waals surface area contributed by atoms with E-state index in [9.17, 15) is 18.4 Å². The number of benzene rings is 2. The van der Waals surface area contributed by atoms with Crippen molar-refractivity contribution < 1.29 is 23.1 Å². The van der Waals surface area contributed by atoms with Gasteiger partial charge in [0.05, 0.1) is 17.0 Å². The molecule has 0 bridgehead atoms. The van der Waals surface area contributed by atoms with Crippen LogP contribution in [0.5, 0.6) is 0 Å². The molecule has 1 fully saturated rings. The lowest BCUT2D eigenvalue weighted by atomic mass is 10.1. The minimum absolute atomic E-state index is 0.140. The summed E-state index contributed by atoms with van der Waals surface area (Å²) in [5, 5.41) is 5.51. The molecule has 1 atom stereocenters. The molecule has 0 saturated carbocycles. The third-order valence-corrected chi connectivity index (χ3v) is 7.06. The Morgan fingerprint density at radius 2 is 1.86 bits per heavy atom. The number of aromatic nitrogens is 4. The van der Waals surface area contributed by atoms with Crippen LogP contribution in [0.4, 0.5) is 19.4 Å². The van der Waals surface area contributed by atoms with Crippen LogP contribution in [0.2, 0.25) is 0 Å². The maximum atomic E-state index is 14.1. The first-order valence-electron chi connectivity index (χ1n) is 13.7. The second-order valence-electron chi connectivity index (χ2n) is 11.5. The van der Waals surface area contributed by atoms with E-state index in [0.29, 0.717) is 29.8 Å². The number of hydrogen-bond acceptors (Lipinski definition) is 7. The number of ether oxygens (including phenoxy) is 1. The maximum absolute atomic E-state index is 14.1. The van der Waals surface area contributed by atoms with Crippen molar-refractivity contribution in [2.75, 3.05) is 25.9 Å². The van der Waals surface area contributed by atoms with Crippen molar-refractivity contribution in [1.82, 2.24) is 29.5 Å². The lowest BCUT2D eigenvalue weighted by Gasteiger charge is -2.34. The van der Waals surface area contributed by atoms with Crippen molar-refractivity contribution in [3.63, 3.8) is 0 Å². The van der Waals surface area contributed by atoms with E-state index in [4.69, 9.17) is 15.6 Å². The molecular formula is C30H33F2N7O3. The monoisotopic (exact) mass is 577 g/mol. The molecule has 2 aromatic carbocycles. The molecule has 12 heteroatoms. The molecule has 42 heavy (non-hydrogen) atoms. The van der Waals surface area contributed by atoms with Gasteiger partial charge in [0.1, 0.15) is 35.1 Å². The highest BCUT2D eigenvalue weighted by Gasteiger charge is 2.31. The van der Waals surface area contributed by atoms with Gasteiger partial charge in [-0.2, -0.15) is 5.10 Å². The largest absolute Gasteiger partial charge is 0.444 e. The van der Waals surface area contributed by atoms with E-state index < -0.39 is 23.1 Å². The van der Waals surface area contributed by atoms with Gasteiger partial charge in [-0.25, -0.2) is 28.2 Å². The third-order valence-electron chi connectivity index (χ3n) is 7.06. The van der Waals surface area contributed by atoms with Crippen LogP contribution in [0, 0.1) is 11.6 Å². The van der Waals surface area contributed by atoms with Gasteiger partial charge >= 0.3 is 6.09 Å². The Hall–Kier alpha value is -4.61. The zero-order valence-electron chi connectivity index (χ0n) is 24.0. The van der Waals surface area contributed by atoms with Crippen LogP contribution >= 0.6 is 0 Å². The van der Waals surface area contributed by atoms with Gasteiger partial charge in [-0.3, -0.25) is 4.79 Å². The summed E-state index contributed by atoms with van der Waals surface area (Å²) in [6.07, 6.45) is 2.61. The molecule has 1 saturated heterocycles. The SMILES string of the molecule is CN(Cc1ccc(-c2nn([C@@H]3CCCN(C(=O)OC(C)(C)C)C3)c3ncnc(N)c23)cc1)C(=O)c1cc(F)ccc1F. The predicted molar refractivity (Wildman–Crippen MR) is 153 cm³/mol. The first kappa shape index (κ1) is 28.9. The second-order valence-corrected chi connectivity index (χ2v) is 11.5. The minimum Gasteiger partial charge on any atom is -0.444 e. The van der Waals surface area contributed by atoms with Gasteiger partial charge in [0.25, 0.3) is 5.91 Å². The Balaban J connectivity index is 1.39. The summed E-state index contributed by atoms with van der Waals surface area (Å²) in [6, 6.07) is 10.0. The van der Waals surface area contributed by atoms with E-state index in [2.05, 4.69) is 9.97 Å². The maximum Gasteiger partial charge on any atom is 0.410 e. The summed E-state index contributed by atoms with van der Waals surface area (Å²) in [7, 11) is 1.53. The molecule has 10 nitrogen and oxygen atoms in total. The number of hydrogen-bond donors (Lipinski definition) is 1. The van der Waals surface area contributed by atoms with Gasteiger partial charge in [0.2, 0.25) is 0 Å².